The van der Waals surface area contributed by atoms with Crippen LogP contribution in [-0.4, -0.2) is 52.3 Å². The highest BCUT2D eigenvalue weighted by molar-refractivity contribution is 5.98. The van der Waals surface area contributed by atoms with Crippen LogP contribution < -0.4 is 16.0 Å². The number of esters is 1. The molecular weight excluding hydrogens is 466 g/mol. The molecular formula is C26H41N3O7. The number of amides is 3. The zero-order valence-electron chi connectivity index (χ0n) is 22.6. The van der Waals surface area contributed by atoms with Crippen LogP contribution in [0.25, 0.3) is 0 Å². The fraction of sp³-hybridized carbons (Fsp3) is 0.615. The summed E-state index contributed by atoms with van der Waals surface area (Å²) in [6.45, 7) is 13.7. The van der Waals surface area contributed by atoms with Crippen molar-refractivity contribution in [3.8, 4) is 0 Å². The number of nitrogens with one attached hydrogen (secondary N) is 3. The van der Waals surface area contributed by atoms with Crippen molar-refractivity contribution in [3.63, 3.8) is 0 Å². The maximum absolute atomic E-state index is 13.1. The van der Waals surface area contributed by atoms with Gasteiger partial charge in [0, 0.05) is 12.1 Å². The standard InChI is InChI=1S/C26H41N3O7/c1-16(2)21(29-24(34)36-26(6,7)8)23(33)28-19(13-14-20(31)35-25(3,4)5)22(32)27-18-11-9-17(15-30)10-12-18/h9-12,16,19,21,30H,13-15H2,1-8H3,(H,27,32)(H,28,33)(H,29,34)/t19-,21-/m0/s1. The Morgan fingerprint density at radius 2 is 1.42 bits per heavy atom. The van der Waals surface area contributed by atoms with Crippen LogP contribution in [0.5, 0.6) is 0 Å². The van der Waals surface area contributed by atoms with Crippen molar-refractivity contribution >= 4 is 29.6 Å². The summed E-state index contributed by atoms with van der Waals surface area (Å²) >= 11 is 0. The molecule has 10 heteroatoms. The first-order valence-corrected chi connectivity index (χ1v) is 12.0. The molecule has 0 saturated carbocycles. The second kappa shape index (κ2) is 13.2. The minimum absolute atomic E-state index is 0.0154. The van der Waals surface area contributed by atoms with E-state index in [0.717, 1.165) is 0 Å². The maximum Gasteiger partial charge on any atom is 0.408 e. The second-order valence-corrected chi connectivity index (χ2v) is 10.9. The van der Waals surface area contributed by atoms with Crippen LogP contribution in [0.2, 0.25) is 0 Å². The molecule has 0 aromatic heterocycles. The van der Waals surface area contributed by atoms with Crippen LogP contribution in [0.3, 0.4) is 0 Å². The molecule has 202 valence electrons. The number of ether oxygens (including phenoxy) is 2. The number of carbonyl (C=O) groups excluding carboxylic acids is 4. The first-order valence-electron chi connectivity index (χ1n) is 12.0. The number of rotatable bonds is 10. The van der Waals surface area contributed by atoms with Gasteiger partial charge in [-0.2, -0.15) is 0 Å². The molecule has 0 saturated heterocycles. The maximum atomic E-state index is 13.1. The van der Waals surface area contributed by atoms with E-state index in [9.17, 15) is 24.3 Å². The molecule has 0 radical (unpaired) electrons. The van der Waals surface area contributed by atoms with Crippen LogP contribution in [0.15, 0.2) is 24.3 Å². The van der Waals surface area contributed by atoms with Gasteiger partial charge in [-0.3, -0.25) is 14.4 Å². The number of carbonyl (C=O) groups is 4. The Kier molecular flexibility index (Phi) is 11.4. The molecule has 0 aliphatic carbocycles. The van der Waals surface area contributed by atoms with Crippen molar-refractivity contribution in [2.45, 2.75) is 98.1 Å². The molecule has 0 spiro atoms. The molecule has 0 heterocycles. The number of aliphatic hydroxyl groups is 1. The zero-order valence-corrected chi connectivity index (χ0v) is 22.6. The van der Waals surface area contributed by atoms with Gasteiger partial charge in [0.2, 0.25) is 11.8 Å². The van der Waals surface area contributed by atoms with E-state index in [2.05, 4.69) is 16.0 Å². The van der Waals surface area contributed by atoms with E-state index in [4.69, 9.17) is 9.47 Å². The number of aliphatic hydroxyl groups excluding tert-OH is 1. The summed E-state index contributed by atoms with van der Waals surface area (Å²) in [5.74, 6) is -1.94. The molecule has 0 fully saturated rings. The topological polar surface area (TPSA) is 143 Å². The summed E-state index contributed by atoms with van der Waals surface area (Å²) in [5, 5.41) is 17.1. The van der Waals surface area contributed by atoms with E-state index >= 15 is 0 Å². The minimum Gasteiger partial charge on any atom is -0.460 e. The van der Waals surface area contributed by atoms with Gasteiger partial charge in [-0.25, -0.2) is 4.79 Å². The molecule has 1 aromatic carbocycles. The van der Waals surface area contributed by atoms with Gasteiger partial charge in [0.15, 0.2) is 0 Å². The highest BCUT2D eigenvalue weighted by Crippen LogP contribution is 2.14. The lowest BCUT2D eigenvalue weighted by Gasteiger charge is -2.27. The summed E-state index contributed by atoms with van der Waals surface area (Å²) in [4.78, 5) is 50.7. The molecule has 36 heavy (non-hydrogen) atoms. The average molecular weight is 508 g/mol. The lowest BCUT2D eigenvalue weighted by atomic mass is 10.0. The van der Waals surface area contributed by atoms with E-state index in [1.54, 1.807) is 79.7 Å². The van der Waals surface area contributed by atoms with Crippen molar-refractivity contribution in [3.05, 3.63) is 29.8 Å². The smallest absolute Gasteiger partial charge is 0.408 e. The van der Waals surface area contributed by atoms with Crippen molar-refractivity contribution in [1.82, 2.24) is 10.6 Å². The van der Waals surface area contributed by atoms with Gasteiger partial charge in [-0.05, 0) is 71.6 Å². The Balaban J connectivity index is 3.02. The van der Waals surface area contributed by atoms with Crippen molar-refractivity contribution in [1.29, 1.82) is 0 Å². The Morgan fingerprint density at radius 3 is 1.89 bits per heavy atom. The summed E-state index contributed by atoms with van der Waals surface area (Å²) in [5.41, 5.74) is -0.299. The summed E-state index contributed by atoms with van der Waals surface area (Å²) < 4.78 is 10.6. The summed E-state index contributed by atoms with van der Waals surface area (Å²) in [6.07, 6.45) is -0.876. The van der Waals surface area contributed by atoms with Gasteiger partial charge in [0.05, 0.1) is 6.61 Å². The predicted octanol–water partition coefficient (Wildman–Crippen LogP) is 3.27. The quantitative estimate of drug-likeness (QED) is 0.356. The predicted molar refractivity (Wildman–Crippen MR) is 136 cm³/mol. The Bertz CT molecular complexity index is 900. The van der Waals surface area contributed by atoms with Gasteiger partial charge in [0.25, 0.3) is 0 Å². The highest BCUT2D eigenvalue weighted by atomic mass is 16.6. The van der Waals surface area contributed by atoms with Crippen LogP contribution >= 0.6 is 0 Å². The monoisotopic (exact) mass is 507 g/mol. The van der Waals surface area contributed by atoms with Crippen LogP contribution in [0, 0.1) is 5.92 Å². The SMILES string of the molecule is CC(C)[C@H](NC(=O)OC(C)(C)C)C(=O)N[C@@H](CCC(=O)OC(C)(C)C)C(=O)Nc1ccc(CO)cc1. The average Bonchev–Trinajstić information content (AvgIpc) is 2.72. The van der Waals surface area contributed by atoms with E-state index in [1.165, 1.54) is 0 Å². The number of hydrogen-bond acceptors (Lipinski definition) is 7. The van der Waals surface area contributed by atoms with E-state index < -0.39 is 47.2 Å². The summed E-state index contributed by atoms with van der Waals surface area (Å²) in [7, 11) is 0. The largest absolute Gasteiger partial charge is 0.460 e. The van der Waals surface area contributed by atoms with Crippen molar-refractivity contribution < 1.29 is 33.8 Å². The van der Waals surface area contributed by atoms with Gasteiger partial charge >= 0.3 is 12.1 Å². The van der Waals surface area contributed by atoms with E-state index in [1.807, 2.05) is 0 Å². The molecule has 2 atom stereocenters. The lowest BCUT2D eigenvalue weighted by molar-refractivity contribution is -0.155. The van der Waals surface area contributed by atoms with Crippen molar-refractivity contribution in [2.24, 2.45) is 5.92 Å². The van der Waals surface area contributed by atoms with Gasteiger partial charge in [-0.15, -0.1) is 0 Å². The summed E-state index contributed by atoms with van der Waals surface area (Å²) in [6, 6.07) is 4.51. The minimum atomic E-state index is -1.08. The fourth-order valence-electron chi connectivity index (χ4n) is 3.08. The number of hydrogen-bond donors (Lipinski definition) is 4. The fourth-order valence-corrected chi connectivity index (χ4v) is 3.08. The number of anilines is 1. The van der Waals surface area contributed by atoms with Gasteiger partial charge in [-0.1, -0.05) is 26.0 Å². The molecule has 0 unspecified atom stereocenters. The third kappa shape index (κ3) is 12.0. The lowest BCUT2D eigenvalue weighted by Crippen LogP contribution is -2.55. The molecule has 4 N–H and O–H groups in total. The van der Waals surface area contributed by atoms with Crippen LogP contribution in [0.4, 0.5) is 10.5 Å². The van der Waals surface area contributed by atoms with E-state index in [0.29, 0.717) is 11.3 Å². The Hall–Kier alpha value is -3.14. The number of alkyl carbamates (subject to hydrolysis) is 1. The first-order chi connectivity index (χ1) is 16.5. The third-order valence-corrected chi connectivity index (χ3v) is 4.72. The third-order valence-electron chi connectivity index (χ3n) is 4.72. The molecule has 3 amide bonds. The van der Waals surface area contributed by atoms with Gasteiger partial charge in [0.1, 0.15) is 23.3 Å². The molecule has 1 aromatic rings. The molecule has 0 bridgehead atoms. The Morgan fingerprint density at radius 1 is 0.861 bits per heavy atom. The Labute approximate surface area is 213 Å². The first kappa shape index (κ1) is 30.9. The van der Waals surface area contributed by atoms with Crippen LogP contribution in [0.1, 0.15) is 73.8 Å². The highest BCUT2D eigenvalue weighted by Gasteiger charge is 2.31. The van der Waals surface area contributed by atoms with Crippen LogP contribution in [-0.2, 0) is 30.5 Å². The molecule has 1 rings (SSSR count). The molecule has 0 aliphatic rings. The van der Waals surface area contributed by atoms with Gasteiger partial charge < -0.3 is 30.5 Å². The molecule has 10 nitrogen and oxygen atoms in total. The number of benzene rings is 1. The zero-order chi connectivity index (χ0) is 27.7. The molecule has 0 aliphatic heterocycles. The normalized spacial score (nSPS) is 13.4. The van der Waals surface area contributed by atoms with Crippen molar-refractivity contribution in [2.75, 3.05) is 5.32 Å². The van der Waals surface area contributed by atoms with E-state index in [-0.39, 0.29) is 25.4 Å². The second-order valence-electron chi connectivity index (χ2n) is 10.9.